The number of ether oxygens (including phenoxy) is 2. The molecule has 0 aliphatic heterocycles. The molecule has 7 nitrogen and oxygen atoms in total. The predicted octanol–water partition coefficient (Wildman–Crippen LogP) is 3.68. The standard InChI is InChI=1S/C22H26ClN3O4/c1-3-5-12-24-21(27)22(28)26-25-14-17-8-11-19(20(13-17)29-4-2)30-15-16-6-9-18(23)10-7-16/h6-11,13-14H,3-5,12,15H2,1-2H3,(H,24,27)(H,26,28)/b25-14-. The quantitative estimate of drug-likeness (QED) is 0.260. The predicted molar refractivity (Wildman–Crippen MR) is 117 cm³/mol. The maximum Gasteiger partial charge on any atom is 0.329 e. The average Bonchev–Trinajstić information content (AvgIpc) is 2.74. The summed E-state index contributed by atoms with van der Waals surface area (Å²) in [5.74, 6) is -0.376. The molecule has 2 rings (SSSR count). The zero-order chi connectivity index (χ0) is 21.8. The molecule has 160 valence electrons. The maximum atomic E-state index is 11.7. The van der Waals surface area contributed by atoms with E-state index in [1.807, 2.05) is 38.1 Å². The van der Waals surface area contributed by atoms with E-state index in [4.69, 9.17) is 21.1 Å². The first-order valence-electron chi connectivity index (χ1n) is 9.78. The van der Waals surface area contributed by atoms with Crippen LogP contribution in [0, 0.1) is 0 Å². The monoisotopic (exact) mass is 431 g/mol. The smallest absolute Gasteiger partial charge is 0.329 e. The van der Waals surface area contributed by atoms with Gasteiger partial charge in [0, 0.05) is 11.6 Å². The molecule has 0 radical (unpaired) electrons. The van der Waals surface area contributed by atoms with E-state index in [0.717, 1.165) is 18.4 Å². The van der Waals surface area contributed by atoms with Crippen molar-refractivity contribution < 1.29 is 19.1 Å². The number of hydrogen-bond acceptors (Lipinski definition) is 5. The molecule has 0 bridgehead atoms. The zero-order valence-electron chi connectivity index (χ0n) is 17.1. The van der Waals surface area contributed by atoms with Crippen LogP contribution in [0.15, 0.2) is 47.6 Å². The molecule has 0 atom stereocenters. The second-order valence-corrected chi connectivity index (χ2v) is 6.80. The van der Waals surface area contributed by atoms with Gasteiger partial charge < -0.3 is 14.8 Å². The highest BCUT2D eigenvalue weighted by atomic mass is 35.5. The second-order valence-electron chi connectivity index (χ2n) is 6.36. The van der Waals surface area contributed by atoms with E-state index in [1.54, 1.807) is 18.2 Å². The summed E-state index contributed by atoms with van der Waals surface area (Å²) in [6.45, 7) is 5.17. The van der Waals surface area contributed by atoms with E-state index in [-0.39, 0.29) is 0 Å². The van der Waals surface area contributed by atoms with Gasteiger partial charge in [-0.3, -0.25) is 9.59 Å². The Kier molecular flexibility index (Phi) is 9.67. The van der Waals surface area contributed by atoms with E-state index in [0.29, 0.717) is 41.8 Å². The van der Waals surface area contributed by atoms with Gasteiger partial charge in [0.2, 0.25) is 0 Å². The van der Waals surface area contributed by atoms with Crippen molar-refractivity contribution in [1.82, 2.24) is 10.7 Å². The Bertz CT molecular complexity index is 869. The number of carbonyl (C=O) groups is 2. The average molecular weight is 432 g/mol. The van der Waals surface area contributed by atoms with Crippen LogP contribution >= 0.6 is 11.6 Å². The number of halogens is 1. The van der Waals surface area contributed by atoms with Crippen LogP contribution in [0.1, 0.15) is 37.8 Å². The Morgan fingerprint density at radius 2 is 1.80 bits per heavy atom. The van der Waals surface area contributed by atoms with Gasteiger partial charge in [0.25, 0.3) is 0 Å². The third kappa shape index (κ3) is 7.75. The van der Waals surface area contributed by atoms with Crippen molar-refractivity contribution in [2.24, 2.45) is 5.10 Å². The van der Waals surface area contributed by atoms with Crippen molar-refractivity contribution in [3.8, 4) is 11.5 Å². The SMILES string of the molecule is CCCCNC(=O)C(=O)N/N=C\c1ccc(OCc2ccc(Cl)cc2)c(OCC)c1. The summed E-state index contributed by atoms with van der Waals surface area (Å²) in [7, 11) is 0. The van der Waals surface area contributed by atoms with Crippen molar-refractivity contribution >= 4 is 29.6 Å². The summed E-state index contributed by atoms with van der Waals surface area (Å²) < 4.78 is 11.5. The van der Waals surface area contributed by atoms with Crippen molar-refractivity contribution in [3.63, 3.8) is 0 Å². The largest absolute Gasteiger partial charge is 0.490 e. The molecule has 0 fully saturated rings. The maximum absolute atomic E-state index is 11.7. The molecule has 2 amide bonds. The van der Waals surface area contributed by atoms with Gasteiger partial charge >= 0.3 is 11.8 Å². The minimum atomic E-state index is -0.810. The first kappa shape index (κ1) is 23.2. The number of hydrazone groups is 1. The van der Waals surface area contributed by atoms with Crippen molar-refractivity contribution in [3.05, 3.63) is 58.6 Å². The van der Waals surface area contributed by atoms with Crippen LogP contribution < -0.4 is 20.2 Å². The minimum Gasteiger partial charge on any atom is -0.490 e. The van der Waals surface area contributed by atoms with Gasteiger partial charge in [-0.25, -0.2) is 5.43 Å². The Hall–Kier alpha value is -3.06. The highest BCUT2D eigenvalue weighted by molar-refractivity contribution is 6.35. The minimum absolute atomic E-state index is 0.369. The highest BCUT2D eigenvalue weighted by Crippen LogP contribution is 2.29. The van der Waals surface area contributed by atoms with E-state index in [1.165, 1.54) is 6.21 Å². The molecule has 0 aliphatic rings. The zero-order valence-corrected chi connectivity index (χ0v) is 17.9. The lowest BCUT2D eigenvalue weighted by atomic mass is 10.2. The van der Waals surface area contributed by atoms with Gasteiger partial charge in [-0.1, -0.05) is 37.1 Å². The molecule has 0 aromatic heterocycles. The van der Waals surface area contributed by atoms with E-state index in [2.05, 4.69) is 15.8 Å². The molecule has 2 aromatic carbocycles. The molecule has 2 aromatic rings. The summed E-state index contributed by atoms with van der Waals surface area (Å²) in [6, 6.07) is 12.7. The summed E-state index contributed by atoms with van der Waals surface area (Å²) in [6.07, 6.45) is 3.18. The lowest BCUT2D eigenvalue weighted by Crippen LogP contribution is -2.38. The number of carbonyl (C=O) groups excluding carboxylic acids is 2. The summed E-state index contributed by atoms with van der Waals surface area (Å²) in [5.41, 5.74) is 3.87. The summed E-state index contributed by atoms with van der Waals surface area (Å²) >= 11 is 5.90. The normalized spacial score (nSPS) is 10.6. The van der Waals surface area contributed by atoms with Crippen molar-refractivity contribution in [2.75, 3.05) is 13.2 Å². The van der Waals surface area contributed by atoms with Crippen LogP contribution in [0.3, 0.4) is 0 Å². The fraction of sp³-hybridized carbons (Fsp3) is 0.318. The molecule has 30 heavy (non-hydrogen) atoms. The molecule has 0 heterocycles. The molecule has 0 aliphatic carbocycles. The molecule has 0 saturated heterocycles. The summed E-state index contributed by atoms with van der Waals surface area (Å²) in [4.78, 5) is 23.3. The lowest BCUT2D eigenvalue weighted by molar-refractivity contribution is -0.139. The van der Waals surface area contributed by atoms with Crippen LogP contribution in [0.4, 0.5) is 0 Å². The summed E-state index contributed by atoms with van der Waals surface area (Å²) in [5, 5.41) is 7.03. The first-order valence-corrected chi connectivity index (χ1v) is 10.2. The molecule has 0 unspecified atom stereocenters. The van der Waals surface area contributed by atoms with Gasteiger partial charge in [-0.05, 0) is 54.8 Å². The van der Waals surface area contributed by atoms with Crippen LogP contribution in [0.2, 0.25) is 5.02 Å². The Balaban J connectivity index is 1.96. The fourth-order valence-electron chi connectivity index (χ4n) is 2.41. The van der Waals surface area contributed by atoms with E-state index < -0.39 is 11.8 Å². The van der Waals surface area contributed by atoms with Crippen LogP contribution in [-0.4, -0.2) is 31.2 Å². The number of rotatable bonds is 10. The van der Waals surface area contributed by atoms with Crippen LogP contribution in [0.5, 0.6) is 11.5 Å². The Morgan fingerprint density at radius 1 is 1.03 bits per heavy atom. The Labute approximate surface area is 181 Å². The molecular weight excluding hydrogens is 406 g/mol. The topological polar surface area (TPSA) is 89.0 Å². The molecule has 8 heteroatoms. The third-order valence-corrected chi connectivity index (χ3v) is 4.23. The number of amides is 2. The molecule has 0 spiro atoms. The lowest BCUT2D eigenvalue weighted by Gasteiger charge is -2.12. The van der Waals surface area contributed by atoms with Gasteiger partial charge in [0.05, 0.1) is 12.8 Å². The van der Waals surface area contributed by atoms with Gasteiger partial charge in [0.15, 0.2) is 11.5 Å². The van der Waals surface area contributed by atoms with Crippen molar-refractivity contribution in [2.45, 2.75) is 33.3 Å². The van der Waals surface area contributed by atoms with Gasteiger partial charge in [-0.2, -0.15) is 5.10 Å². The first-order chi connectivity index (χ1) is 14.5. The second kappa shape index (κ2) is 12.5. The Morgan fingerprint density at radius 3 is 2.50 bits per heavy atom. The molecular formula is C22H26ClN3O4. The number of hydrogen-bond donors (Lipinski definition) is 2. The van der Waals surface area contributed by atoms with Gasteiger partial charge in [-0.15, -0.1) is 0 Å². The van der Waals surface area contributed by atoms with Gasteiger partial charge in [0.1, 0.15) is 6.61 Å². The number of unbranched alkanes of at least 4 members (excludes halogenated alkanes) is 1. The van der Waals surface area contributed by atoms with Crippen LogP contribution in [0.25, 0.3) is 0 Å². The highest BCUT2D eigenvalue weighted by Gasteiger charge is 2.11. The number of benzene rings is 2. The third-order valence-electron chi connectivity index (χ3n) is 3.98. The molecule has 2 N–H and O–H groups in total. The number of nitrogens with zero attached hydrogens (tertiary/aromatic N) is 1. The fourth-order valence-corrected chi connectivity index (χ4v) is 2.54. The van der Waals surface area contributed by atoms with E-state index >= 15 is 0 Å². The van der Waals surface area contributed by atoms with Crippen molar-refractivity contribution in [1.29, 1.82) is 0 Å². The molecule has 0 saturated carbocycles. The van der Waals surface area contributed by atoms with E-state index in [9.17, 15) is 9.59 Å². The number of nitrogens with one attached hydrogen (secondary N) is 2. The van der Waals surface area contributed by atoms with Crippen LogP contribution in [-0.2, 0) is 16.2 Å².